The van der Waals surface area contributed by atoms with E-state index in [1.807, 2.05) is 0 Å². The summed E-state index contributed by atoms with van der Waals surface area (Å²) < 4.78 is 5.89. The molecule has 3 aliphatic rings. The van der Waals surface area contributed by atoms with E-state index in [2.05, 4.69) is 41.1 Å². The van der Waals surface area contributed by atoms with Crippen molar-refractivity contribution in [3.05, 3.63) is 35.5 Å². The summed E-state index contributed by atoms with van der Waals surface area (Å²) in [7, 11) is 0. The molecule has 3 aliphatic heterocycles. The van der Waals surface area contributed by atoms with Gasteiger partial charge in [-0.1, -0.05) is 18.2 Å². The normalized spacial score (nSPS) is 29.6. The molecular weight excluding hydrogens is 312 g/mol. The molecule has 3 fully saturated rings. The van der Waals surface area contributed by atoms with Crippen LogP contribution in [-0.4, -0.2) is 41.1 Å². The van der Waals surface area contributed by atoms with Gasteiger partial charge in [0, 0.05) is 29.7 Å². The number of ether oxygens (including phenoxy) is 1. The van der Waals surface area contributed by atoms with Gasteiger partial charge in [0.2, 0.25) is 5.91 Å². The largest absolute Gasteiger partial charge is 0.374 e. The Hall–Kier alpha value is -1.81. The molecule has 25 heavy (non-hydrogen) atoms. The molecule has 0 aliphatic carbocycles. The fourth-order valence-corrected chi connectivity index (χ4v) is 5.35. The van der Waals surface area contributed by atoms with Crippen LogP contribution in [0.25, 0.3) is 10.9 Å². The van der Waals surface area contributed by atoms with E-state index >= 15 is 0 Å². The van der Waals surface area contributed by atoms with Crippen molar-refractivity contribution < 1.29 is 9.53 Å². The standard InChI is InChI=1S/C21H26N2O2/c1-13-20(16-4-2-3-5-18(16)22-13)14-8-10-23(11-9-14)21(24)17-12-15-6-7-19(17)25-15/h2-5,14-15,17,19,22H,6-12H2,1H3/t15-,17-,19-/m1/s1. The number of H-pyrrole nitrogens is 1. The van der Waals surface area contributed by atoms with Crippen molar-refractivity contribution in [3.8, 4) is 0 Å². The average Bonchev–Trinajstić information content (AvgIpc) is 3.34. The Kier molecular flexibility index (Phi) is 3.63. The third-order valence-electron chi connectivity index (χ3n) is 6.58. The number of carbonyl (C=O) groups is 1. The minimum absolute atomic E-state index is 0.130. The molecule has 1 amide bonds. The highest BCUT2D eigenvalue weighted by Crippen LogP contribution is 2.41. The van der Waals surface area contributed by atoms with Gasteiger partial charge in [-0.3, -0.25) is 4.79 Å². The van der Waals surface area contributed by atoms with Crippen molar-refractivity contribution in [3.63, 3.8) is 0 Å². The topological polar surface area (TPSA) is 45.3 Å². The number of piperidine rings is 1. The Balaban J connectivity index is 1.29. The molecule has 4 heteroatoms. The maximum atomic E-state index is 12.9. The zero-order chi connectivity index (χ0) is 17.0. The van der Waals surface area contributed by atoms with E-state index in [1.165, 1.54) is 22.2 Å². The molecule has 4 nitrogen and oxygen atoms in total. The number of rotatable bonds is 2. The van der Waals surface area contributed by atoms with Crippen LogP contribution in [0.4, 0.5) is 0 Å². The Labute approximate surface area is 148 Å². The van der Waals surface area contributed by atoms with Crippen LogP contribution in [0, 0.1) is 12.8 Å². The van der Waals surface area contributed by atoms with Crippen molar-refractivity contribution >= 4 is 16.8 Å². The Morgan fingerprint density at radius 1 is 1.16 bits per heavy atom. The lowest BCUT2D eigenvalue weighted by Crippen LogP contribution is -2.43. The summed E-state index contributed by atoms with van der Waals surface area (Å²) in [6, 6.07) is 8.57. The second kappa shape index (κ2) is 5.87. The first-order valence-electron chi connectivity index (χ1n) is 9.72. The highest BCUT2D eigenvalue weighted by molar-refractivity contribution is 5.85. The monoisotopic (exact) mass is 338 g/mol. The molecule has 0 saturated carbocycles. The average molecular weight is 338 g/mol. The fourth-order valence-electron chi connectivity index (χ4n) is 5.35. The molecule has 0 radical (unpaired) electrons. The number of hydrogen-bond acceptors (Lipinski definition) is 2. The molecule has 132 valence electrons. The van der Waals surface area contributed by atoms with Gasteiger partial charge in [-0.15, -0.1) is 0 Å². The highest BCUT2D eigenvalue weighted by Gasteiger charge is 2.46. The van der Waals surface area contributed by atoms with Gasteiger partial charge in [-0.25, -0.2) is 0 Å². The van der Waals surface area contributed by atoms with Crippen molar-refractivity contribution in [1.82, 2.24) is 9.88 Å². The Morgan fingerprint density at radius 3 is 2.68 bits per heavy atom. The van der Waals surface area contributed by atoms with Crippen LogP contribution in [0.15, 0.2) is 24.3 Å². The predicted molar refractivity (Wildman–Crippen MR) is 97.6 cm³/mol. The number of nitrogens with zero attached hydrogens (tertiary/aromatic N) is 1. The van der Waals surface area contributed by atoms with Crippen molar-refractivity contribution in [2.75, 3.05) is 13.1 Å². The summed E-state index contributed by atoms with van der Waals surface area (Å²) >= 11 is 0. The predicted octanol–water partition coefficient (Wildman–Crippen LogP) is 3.75. The first kappa shape index (κ1) is 15.4. The van der Waals surface area contributed by atoms with Crippen LogP contribution in [0.2, 0.25) is 0 Å². The van der Waals surface area contributed by atoms with Crippen LogP contribution < -0.4 is 0 Å². The summed E-state index contributed by atoms with van der Waals surface area (Å²) in [4.78, 5) is 18.5. The first-order valence-corrected chi connectivity index (χ1v) is 9.72. The van der Waals surface area contributed by atoms with Gasteiger partial charge in [0.15, 0.2) is 0 Å². The van der Waals surface area contributed by atoms with Gasteiger partial charge in [-0.05, 0) is 56.6 Å². The maximum Gasteiger partial charge on any atom is 0.228 e. The van der Waals surface area contributed by atoms with Crippen LogP contribution >= 0.6 is 0 Å². The van der Waals surface area contributed by atoms with Gasteiger partial charge in [0.05, 0.1) is 18.1 Å². The number of carbonyl (C=O) groups excluding carboxylic acids is 1. The molecule has 3 saturated heterocycles. The SMILES string of the molecule is Cc1[nH]c2ccccc2c1C1CCN(C(=O)[C@@H]2C[C@H]3CC[C@H]2O3)CC1. The Bertz CT molecular complexity index is 803. The van der Waals surface area contributed by atoms with E-state index in [0.29, 0.717) is 17.9 Å². The second-order valence-electron chi connectivity index (χ2n) is 8.02. The third kappa shape index (κ3) is 2.50. The third-order valence-corrected chi connectivity index (χ3v) is 6.58. The molecule has 1 aromatic carbocycles. The molecule has 4 heterocycles. The first-order chi connectivity index (χ1) is 12.2. The highest BCUT2D eigenvalue weighted by atomic mass is 16.5. The van der Waals surface area contributed by atoms with Crippen LogP contribution in [-0.2, 0) is 9.53 Å². The number of nitrogens with one attached hydrogen (secondary N) is 1. The van der Waals surface area contributed by atoms with Gasteiger partial charge in [-0.2, -0.15) is 0 Å². The molecule has 1 N–H and O–H groups in total. The number of benzene rings is 1. The summed E-state index contributed by atoms with van der Waals surface area (Å²) in [5.41, 5.74) is 3.98. The van der Waals surface area contributed by atoms with Crippen molar-refractivity contribution in [2.45, 2.75) is 57.2 Å². The summed E-state index contributed by atoms with van der Waals surface area (Å²) in [6.45, 7) is 3.95. The van der Waals surface area contributed by atoms with Gasteiger partial charge < -0.3 is 14.6 Å². The number of fused-ring (bicyclic) bond motifs is 3. The fraction of sp³-hybridized carbons (Fsp3) is 0.571. The van der Waals surface area contributed by atoms with E-state index in [0.717, 1.165) is 45.2 Å². The molecule has 0 unspecified atom stereocenters. The summed E-state index contributed by atoms with van der Waals surface area (Å²) in [5.74, 6) is 1.03. The molecule has 3 atom stereocenters. The van der Waals surface area contributed by atoms with Crippen molar-refractivity contribution in [1.29, 1.82) is 0 Å². The van der Waals surface area contributed by atoms with E-state index in [1.54, 1.807) is 0 Å². The van der Waals surface area contributed by atoms with Gasteiger partial charge >= 0.3 is 0 Å². The van der Waals surface area contributed by atoms with Crippen LogP contribution in [0.1, 0.15) is 49.3 Å². The zero-order valence-corrected chi connectivity index (χ0v) is 14.8. The zero-order valence-electron chi connectivity index (χ0n) is 14.8. The lowest BCUT2D eigenvalue weighted by Gasteiger charge is -2.35. The number of aromatic nitrogens is 1. The van der Waals surface area contributed by atoms with E-state index in [9.17, 15) is 4.79 Å². The Morgan fingerprint density at radius 2 is 1.96 bits per heavy atom. The molecule has 5 rings (SSSR count). The van der Waals surface area contributed by atoms with E-state index in [4.69, 9.17) is 4.74 Å². The second-order valence-corrected chi connectivity index (χ2v) is 8.02. The van der Waals surface area contributed by atoms with Gasteiger partial charge in [0.25, 0.3) is 0 Å². The lowest BCUT2D eigenvalue weighted by atomic mass is 9.85. The minimum atomic E-state index is 0.130. The van der Waals surface area contributed by atoms with Crippen LogP contribution in [0.5, 0.6) is 0 Å². The lowest BCUT2D eigenvalue weighted by molar-refractivity contribution is -0.138. The maximum absolute atomic E-state index is 12.9. The number of hydrogen-bond donors (Lipinski definition) is 1. The number of likely N-dealkylation sites (tertiary alicyclic amines) is 1. The van der Waals surface area contributed by atoms with Crippen molar-refractivity contribution in [2.24, 2.45) is 5.92 Å². The quantitative estimate of drug-likeness (QED) is 0.906. The number of para-hydroxylation sites is 1. The smallest absolute Gasteiger partial charge is 0.228 e. The molecule has 1 aromatic heterocycles. The molecular formula is C21H26N2O2. The van der Waals surface area contributed by atoms with Gasteiger partial charge in [0.1, 0.15) is 0 Å². The van der Waals surface area contributed by atoms with Crippen LogP contribution in [0.3, 0.4) is 0 Å². The minimum Gasteiger partial charge on any atom is -0.374 e. The van der Waals surface area contributed by atoms with E-state index in [-0.39, 0.29) is 12.0 Å². The summed E-state index contributed by atoms with van der Waals surface area (Å²) in [6.07, 6.45) is 5.86. The molecule has 2 bridgehead atoms. The number of aryl methyl sites for hydroxylation is 1. The van der Waals surface area contributed by atoms with E-state index < -0.39 is 0 Å². The number of amides is 1. The molecule has 0 spiro atoms. The summed E-state index contributed by atoms with van der Waals surface area (Å²) in [5, 5.41) is 1.35. The number of aromatic amines is 1. The molecule has 2 aromatic rings.